The van der Waals surface area contributed by atoms with Crippen LogP contribution in [-0.2, 0) is 19.4 Å². The smallest absolute Gasteiger partial charge is 0.252 e. The van der Waals surface area contributed by atoms with Crippen LogP contribution in [0.3, 0.4) is 0 Å². The molecule has 0 saturated heterocycles. The topological polar surface area (TPSA) is 118 Å². The number of amides is 1. The molecule has 0 aliphatic carbocycles. The third-order valence-corrected chi connectivity index (χ3v) is 10.0. The van der Waals surface area contributed by atoms with Crippen LogP contribution in [0.15, 0.2) is 119 Å². The van der Waals surface area contributed by atoms with Gasteiger partial charge in [-0.3, -0.25) is 4.79 Å². The minimum atomic E-state index is -3.75. The molecule has 0 radical (unpaired) electrons. The lowest BCUT2D eigenvalue weighted by Crippen LogP contribution is -2.49. The van der Waals surface area contributed by atoms with Crippen molar-refractivity contribution in [2.24, 2.45) is 4.99 Å². The Hall–Kier alpha value is -4.51. The summed E-state index contributed by atoms with van der Waals surface area (Å²) in [6, 6.07) is 33.2. The summed E-state index contributed by atoms with van der Waals surface area (Å²) >= 11 is 0. The monoisotopic (exact) mass is 669 g/mol. The summed E-state index contributed by atoms with van der Waals surface area (Å²) in [6.45, 7) is 1.59. The van der Waals surface area contributed by atoms with E-state index in [1.165, 1.54) is 0 Å². The summed E-state index contributed by atoms with van der Waals surface area (Å²) in [5.74, 6) is 0.173. The quantitative estimate of drug-likeness (QED) is 0.156. The zero-order valence-electron chi connectivity index (χ0n) is 27.4. The van der Waals surface area contributed by atoms with Crippen molar-refractivity contribution < 1.29 is 27.8 Å². The van der Waals surface area contributed by atoms with E-state index in [-0.39, 0.29) is 35.5 Å². The zero-order chi connectivity index (χ0) is 34.0. The Morgan fingerprint density at radius 3 is 2.15 bits per heavy atom. The molecule has 5 rings (SSSR count). The van der Waals surface area contributed by atoms with Crippen LogP contribution in [-0.4, -0.2) is 81.9 Å². The van der Waals surface area contributed by atoms with Crippen molar-refractivity contribution in [2.75, 3.05) is 46.2 Å². The lowest BCUT2D eigenvalue weighted by molar-refractivity contribution is -0.129. The molecule has 48 heavy (non-hydrogen) atoms. The molecule has 10 heteroatoms. The predicted octanol–water partition coefficient (Wildman–Crippen LogP) is 5.30. The van der Waals surface area contributed by atoms with E-state index >= 15 is 0 Å². The van der Waals surface area contributed by atoms with E-state index < -0.39 is 21.5 Å². The highest BCUT2D eigenvalue weighted by Gasteiger charge is 2.53. The minimum Gasteiger partial charge on any atom is -0.494 e. The molecule has 0 fully saturated rings. The summed E-state index contributed by atoms with van der Waals surface area (Å²) in [5, 5.41) is 12.1. The number of carbonyl (C=O) groups excluding carboxylic acids is 1. The van der Waals surface area contributed by atoms with Gasteiger partial charge in [-0.15, -0.1) is 0 Å². The number of hydrogen-bond acceptors (Lipinski definition) is 8. The fourth-order valence-corrected chi connectivity index (χ4v) is 7.02. The van der Waals surface area contributed by atoms with Gasteiger partial charge < -0.3 is 24.8 Å². The molecule has 252 valence electrons. The Kier molecular flexibility index (Phi) is 11.6. The Bertz CT molecular complexity index is 1760. The molecular weight excluding hydrogens is 627 g/mol. The Morgan fingerprint density at radius 1 is 0.875 bits per heavy atom. The van der Waals surface area contributed by atoms with Crippen molar-refractivity contribution in [1.82, 2.24) is 10.2 Å². The maximum Gasteiger partial charge on any atom is 0.252 e. The van der Waals surface area contributed by atoms with E-state index in [4.69, 9.17) is 19.6 Å². The third-order valence-electron chi connectivity index (χ3n) is 8.27. The number of rotatable bonds is 16. The van der Waals surface area contributed by atoms with E-state index in [9.17, 15) is 13.2 Å². The predicted molar refractivity (Wildman–Crippen MR) is 188 cm³/mol. The fraction of sp³-hybridized carbons (Fsp3) is 0.316. The summed E-state index contributed by atoms with van der Waals surface area (Å²) in [5.41, 5.74) is 1.82. The Labute approximate surface area is 283 Å². The van der Waals surface area contributed by atoms with Crippen LogP contribution in [0.25, 0.3) is 11.1 Å². The molecule has 2 atom stereocenters. The summed E-state index contributed by atoms with van der Waals surface area (Å²) in [7, 11) is 0.190. The van der Waals surface area contributed by atoms with Crippen molar-refractivity contribution in [3.05, 3.63) is 120 Å². The molecule has 1 aliphatic heterocycles. The van der Waals surface area contributed by atoms with Crippen molar-refractivity contribution in [2.45, 2.75) is 35.8 Å². The number of aliphatic imine (C=N–C) groups is 1. The number of sulfone groups is 1. The van der Waals surface area contributed by atoms with Crippen LogP contribution >= 0.6 is 0 Å². The molecule has 4 aromatic rings. The van der Waals surface area contributed by atoms with Crippen LogP contribution in [0.2, 0.25) is 0 Å². The zero-order valence-corrected chi connectivity index (χ0v) is 28.2. The van der Waals surface area contributed by atoms with Gasteiger partial charge in [-0.25, -0.2) is 13.4 Å². The molecule has 1 heterocycles. The maximum absolute atomic E-state index is 14.4. The maximum atomic E-state index is 14.4. The molecule has 0 unspecified atom stereocenters. The summed E-state index contributed by atoms with van der Waals surface area (Å²) in [4.78, 5) is 21.6. The summed E-state index contributed by atoms with van der Waals surface area (Å²) < 4.78 is 39.4. The van der Waals surface area contributed by atoms with E-state index in [1.807, 2.05) is 73.6 Å². The van der Waals surface area contributed by atoms with Crippen molar-refractivity contribution >= 4 is 21.6 Å². The van der Waals surface area contributed by atoms with Crippen LogP contribution in [0.5, 0.6) is 5.75 Å². The number of nitrogens with zero attached hydrogens (tertiary/aromatic N) is 2. The number of ether oxygens (including phenoxy) is 2. The van der Waals surface area contributed by atoms with Gasteiger partial charge in [-0.2, -0.15) is 0 Å². The average Bonchev–Trinajstić information content (AvgIpc) is 3.51. The molecule has 1 amide bonds. The van der Waals surface area contributed by atoms with Crippen LogP contribution in [0, 0.1) is 0 Å². The van der Waals surface area contributed by atoms with Gasteiger partial charge in [0, 0.05) is 31.6 Å². The highest BCUT2D eigenvalue weighted by atomic mass is 32.2. The van der Waals surface area contributed by atoms with Gasteiger partial charge >= 0.3 is 0 Å². The number of aliphatic hydroxyl groups excluding tert-OH is 1. The van der Waals surface area contributed by atoms with Gasteiger partial charge in [0.2, 0.25) is 5.90 Å². The lowest BCUT2D eigenvalue weighted by Gasteiger charge is -2.31. The number of aliphatic hydroxyl groups is 1. The van der Waals surface area contributed by atoms with Gasteiger partial charge in [-0.1, -0.05) is 72.8 Å². The third kappa shape index (κ3) is 8.49. The van der Waals surface area contributed by atoms with Crippen LogP contribution in [0.4, 0.5) is 0 Å². The van der Waals surface area contributed by atoms with Gasteiger partial charge in [-0.05, 0) is 80.1 Å². The molecule has 0 aromatic heterocycles. The highest BCUT2D eigenvalue weighted by molar-refractivity contribution is 7.91. The number of hydrogen-bond donors (Lipinski definition) is 2. The molecule has 2 N–H and O–H groups in total. The van der Waals surface area contributed by atoms with E-state index in [2.05, 4.69) is 5.32 Å². The number of benzene rings is 4. The molecule has 0 saturated carbocycles. The molecule has 0 spiro atoms. The van der Waals surface area contributed by atoms with Crippen molar-refractivity contribution in [3.8, 4) is 16.9 Å². The van der Waals surface area contributed by atoms with Crippen molar-refractivity contribution in [1.29, 1.82) is 0 Å². The van der Waals surface area contributed by atoms with Gasteiger partial charge in [0.1, 0.15) is 5.75 Å². The first kappa shape index (κ1) is 34.8. The van der Waals surface area contributed by atoms with Gasteiger partial charge in [0.15, 0.2) is 21.5 Å². The SMILES string of the molecule is CN(C)CCCNC(=O)[C@]1(CCS(=O)(=O)c2ccccc2)N=C(c2ccc(OCCCO)cc2)O[C@@H]1c1ccc(-c2ccccc2)cc1. The van der Waals surface area contributed by atoms with Crippen LogP contribution in [0.1, 0.15) is 36.5 Å². The standard InChI is InChI=1S/C38H43N3O6S/c1-41(2)25-9-24-39-37(43)38(23-28-48(44,45)34-13-7-4-8-14-34)35(31-17-15-30(16-18-31)29-11-5-3-6-12-29)47-36(40-38)32-19-21-33(22-20-32)46-27-10-26-42/h3-8,11-22,35,42H,9-10,23-28H2,1-2H3,(H,39,43)/t35-,38-/m1/s1. The second kappa shape index (κ2) is 16.1. The molecule has 4 aromatic carbocycles. The molecule has 9 nitrogen and oxygen atoms in total. The lowest BCUT2D eigenvalue weighted by atomic mass is 9.84. The van der Waals surface area contributed by atoms with E-state index in [0.717, 1.165) is 17.7 Å². The highest BCUT2D eigenvalue weighted by Crippen LogP contribution is 2.43. The van der Waals surface area contributed by atoms with Gasteiger partial charge in [0.05, 0.1) is 17.3 Å². The molecule has 1 aliphatic rings. The Morgan fingerprint density at radius 2 is 1.50 bits per heavy atom. The van der Waals surface area contributed by atoms with Gasteiger partial charge in [0.25, 0.3) is 5.91 Å². The summed E-state index contributed by atoms with van der Waals surface area (Å²) in [6.07, 6.45) is 0.238. The normalized spacial score (nSPS) is 17.5. The van der Waals surface area contributed by atoms with Crippen LogP contribution < -0.4 is 10.1 Å². The minimum absolute atomic E-state index is 0.0374. The first-order chi connectivity index (χ1) is 23.2. The van der Waals surface area contributed by atoms with E-state index in [1.54, 1.807) is 54.6 Å². The fourth-order valence-electron chi connectivity index (χ4n) is 5.64. The molecular formula is C38H43N3O6S. The Balaban J connectivity index is 1.54. The first-order valence-corrected chi connectivity index (χ1v) is 17.8. The second-order valence-electron chi connectivity index (χ2n) is 12.1. The number of carbonyl (C=O) groups is 1. The largest absolute Gasteiger partial charge is 0.494 e. The van der Waals surface area contributed by atoms with Crippen molar-refractivity contribution in [3.63, 3.8) is 0 Å². The second-order valence-corrected chi connectivity index (χ2v) is 14.2. The van der Waals surface area contributed by atoms with E-state index in [0.29, 0.717) is 42.9 Å². The number of nitrogens with one attached hydrogen (secondary N) is 1. The average molecular weight is 670 g/mol. The molecule has 0 bridgehead atoms. The first-order valence-electron chi connectivity index (χ1n) is 16.2.